The number of benzene rings is 6. The summed E-state index contributed by atoms with van der Waals surface area (Å²) in [6.45, 7) is 26.6. The van der Waals surface area contributed by atoms with Crippen LogP contribution in [-0.2, 0) is 0 Å². The lowest BCUT2D eigenvalue weighted by atomic mass is 9.87. The molecule has 0 aliphatic heterocycles. The number of rotatable bonds is 7. The van der Waals surface area contributed by atoms with E-state index in [0.717, 1.165) is 17.1 Å². The molecule has 0 N–H and O–H groups in total. The number of ether oxygens (including phenoxy) is 1. The van der Waals surface area contributed by atoms with Crippen molar-refractivity contribution in [2.45, 2.75) is 92.9 Å². The van der Waals surface area contributed by atoms with Crippen LogP contribution in [0, 0.1) is 83.1 Å². The van der Waals surface area contributed by atoms with E-state index < -0.39 is 0 Å². The zero-order valence-electron chi connectivity index (χ0n) is 31.9. The molecule has 0 radical (unpaired) electrons. The molecule has 0 spiro atoms. The molecule has 0 fully saturated rings. The largest absolute Gasteiger partial charge is 0.457 e. The van der Waals surface area contributed by atoms with Crippen molar-refractivity contribution < 1.29 is 4.74 Å². The number of hydrogen-bond donors (Lipinski definition) is 0. The predicted octanol–water partition coefficient (Wildman–Crippen LogP) is 14.3. The van der Waals surface area contributed by atoms with Crippen LogP contribution in [0.2, 0.25) is 0 Å². The number of hydrogen-bond acceptors (Lipinski definition) is 2. The van der Waals surface area contributed by atoms with E-state index in [1.807, 2.05) is 11.8 Å². The van der Waals surface area contributed by atoms with Gasteiger partial charge in [0.1, 0.15) is 11.5 Å². The second-order valence-corrected chi connectivity index (χ2v) is 15.5. The van der Waals surface area contributed by atoms with Crippen molar-refractivity contribution in [1.82, 2.24) is 0 Å². The second-order valence-electron chi connectivity index (χ2n) is 14.3. The molecule has 0 amide bonds. The first kappa shape index (κ1) is 35.3. The van der Waals surface area contributed by atoms with E-state index in [4.69, 9.17) is 4.74 Å². The standard InChI is InChI=1S/C48H50OS/c1-27-16-19-41(24-31(27)5)50-46-21-18-30(4)38(12)48(46)44-26-40(23-33(7)36(44)10)49-45-20-17-29(3)37(11)47(45)43-25-39(22-32(6)35(43)9)42-15-13-14-28(2)34(42)8/h13-26H,1-12H3. The van der Waals surface area contributed by atoms with Crippen LogP contribution in [0.4, 0.5) is 0 Å². The normalized spacial score (nSPS) is 11.3. The molecule has 6 rings (SSSR count). The molecular formula is C48H50OS. The second kappa shape index (κ2) is 14.0. The third-order valence-corrected chi connectivity index (χ3v) is 12.1. The summed E-state index contributed by atoms with van der Waals surface area (Å²) in [5.41, 5.74) is 22.8. The fraction of sp³-hybridized carbons (Fsp3) is 0.250. The van der Waals surface area contributed by atoms with Gasteiger partial charge in [-0.1, -0.05) is 54.2 Å². The number of aryl methyl sites for hydroxylation is 7. The van der Waals surface area contributed by atoms with Crippen molar-refractivity contribution >= 4 is 11.8 Å². The minimum Gasteiger partial charge on any atom is -0.457 e. The molecule has 2 heteroatoms. The van der Waals surface area contributed by atoms with Crippen molar-refractivity contribution in [2.75, 3.05) is 0 Å². The van der Waals surface area contributed by atoms with Gasteiger partial charge in [0.25, 0.3) is 0 Å². The zero-order chi connectivity index (χ0) is 36.0. The van der Waals surface area contributed by atoms with Gasteiger partial charge in [0.05, 0.1) is 0 Å². The molecule has 254 valence electrons. The fourth-order valence-electron chi connectivity index (χ4n) is 6.94. The monoisotopic (exact) mass is 674 g/mol. The van der Waals surface area contributed by atoms with E-state index in [9.17, 15) is 0 Å². The molecule has 0 aromatic heterocycles. The summed E-state index contributed by atoms with van der Waals surface area (Å²) in [5.74, 6) is 1.74. The average Bonchev–Trinajstić information content (AvgIpc) is 3.07. The van der Waals surface area contributed by atoms with Crippen molar-refractivity contribution in [1.29, 1.82) is 0 Å². The predicted molar refractivity (Wildman–Crippen MR) is 217 cm³/mol. The lowest BCUT2D eigenvalue weighted by Crippen LogP contribution is -1.99. The van der Waals surface area contributed by atoms with Gasteiger partial charge < -0.3 is 4.74 Å². The Morgan fingerprint density at radius 2 is 0.980 bits per heavy atom. The Kier molecular flexibility index (Phi) is 9.89. The Morgan fingerprint density at radius 1 is 0.400 bits per heavy atom. The van der Waals surface area contributed by atoms with Gasteiger partial charge in [0.15, 0.2) is 0 Å². The topological polar surface area (TPSA) is 9.23 Å². The maximum atomic E-state index is 7.03. The summed E-state index contributed by atoms with van der Waals surface area (Å²) in [7, 11) is 0. The summed E-state index contributed by atoms with van der Waals surface area (Å²) in [6.07, 6.45) is 0. The molecule has 0 saturated heterocycles. The van der Waals surface area contributed by atoms with Crippen molar-refractivity contribution in [3.05, 3.63) is 152 Å². The average molecular weight is 675 g/mol. The summed E-state index contributed by atoms with van der Waals surface area (Å²) in [6, 6.07) is 31.4. The maximum absolute atomic E-state index is 7.03. The molecule has 6 aromatic carbocycles. The van der Waals surface area contributed by atoms with E-state index >= 15 is 0 Å². The molecule has 50 heavy (non-hydrogen) atoms. The van der Waals surface area contributed by atoms with Crippen molar-refractivity contribution in [3.8, 4) is 44.9 Å². The smallest absolute Gasteiger partial charge is 0.135 e. The third-order valence-electron chi connectivity index (χ3n) is 11.1. The van der Waals surface area contributed by atoms with Crippen molar-refractivity contribution in [2.24, 2.45) is 0 Å². The quantitative estimate of drug-likeness (QED) is 0.167. The fourth-order valence-corrected chi connectivity index (χ4v) is 8.06. The van der Waals surface area contributed by atoms with Crippen LogP contribution >= 0.6 is 11.8 Å². The first-order valence-corrected chi connectivity index (χ1v) is 18.5. The molecule has 1 nitrogen and oxygen atoms in total. The van der Waals surface area contributed by atoms with E-state index in [2.05, 4.69) is 168 Å². The summed E-state index contributed by atoms with van der Waals surface area (Å²) in [4.78, 5) is 2.52. The highest BCUT2D eigenvalue weighted by Gasteiger charge is 2.20. The van der Waals surface area contributed by atoms with E-state index in [1.165, 1.54) is 104 Å². The van der Waals surface area contributed by atoms with Gasteiger partial charge in [-0.3, -0.25) is 0 Å². The maximum Gasteiger partial charge on any atom is 0.135 e. The van der Waals surface area contributed by atoms with Gasteiger partial charge in [-0.25, -0.2) is 0 Å². The Hall–Kier alpha value is -4.53. The Bertz CT molecular complexity index is 2290. The lowest BCUT2D eigenvalue weighted by Gasteiger charge is -2.22. The van der Waals surface area contributed by atoms with Gasteiger partial charge in [0.2, 0.25) is 0 Å². The summed E-state index contributed by atoms with van der Waals surface area (Å²) < 4.78 is 7.03. The zero-order valence-corrected chi connectivity index (χ0v) is 32.7. The lowest BCUT2D eigenvalue weighted by molar-refractivity contribution is 0.483. The first-order valence-electron chi connectivity index (χ1n) is 17.7. The molecule has 0 bridgehead atoms. The molecule has 0 heterocycles. The Balaban J connectivity index is 1.49. The molecular weight excluding hydrogens is 625 g/mol. The van der Waals surface area contributed by atoms with Crippen LogP contribution in [0.1, 0.15) is 66.8 Å². The third kappa shape index (κ3) is 6.66. The van der Waals surface area contributed by atoms with Crippen LogP contribution in [0.25, 0.3) is 33.4 Å². The Morgan fingerprint density at radius 3 is 1.68 bits per heavy atom. The van der Waals surface area contributed by atoms with Crippen LogP contribution < -0.4 is 4.74 Å². The molecule has 0 aliphatic rings. The highest BCUT2D eigenvalue weighted by atomic mass is 32.2. The van der Waals surface area contributed by atoms with Gasteiger partial charge >= 0.3 is 0 Å². The van der Waals surface area contributed by atoms with Gasteiger partial charge in [-0.2, -0.15) is 0 Å². The van der Waals surface area contributed by atoms with E-state index in [-0.39, 0.29) is 0 Å². The van der Waals surface area contributed by atoms with E-state index in [1.54, 1.807) is 0 Å². The van der Waals surface area contributed by atoms with Crippen molar-refractivity contribution in [3.63, 3.8) is 0 Å². The summed E-state index contributed by atoms with van der Waals surface area (Å²) in [5, 5.41) is 0. The minimum absolute atomic E-state index is 0.857. The van der Waals surface area contributed by atoms with Gasteiger partial charge in [-0.15, -0.1) is 0 Å². The molecule has 0 atom stereocenters. The van der Waals surface area contributed by atoms with Gasteiger partial charge in [0, 0.05) is 15.4 Å². The SMILES string of the molecule is Cc1ccc(Sc2ccc(C)c(C)c2-c2cc(Oc3ccc(C)c(C)c3-c3cc(-c4cccc(C)c4C)cc(C)c3C)cc(C)c2C)cc1C. The highest BCUT2D eigenvalue weighted by Crippen LogP contribution is 2.45. The molecule has 6 aromatic rings. The van der Waals surface area contributed by atoms with Gasteiger partial charge in [-0.05, 0) is 220 Å². The van der Waals surface area contributed by atoms with Crippen LogP contribution in [0.5, 0.6) is 11.5 Å². The first-order chi connectivity index (χ1) is 23.7. The van der Waals surface area contributed by atoms with E-state index in [0.29, 0.717) is 0 Å². The van der Waals surface area contributed by atoms with Crippen LogP contribution in [0.15, 0.2) is 94.7 Å². The van der Waals surface area contributed by atoms with Crippen LogP contribution in [0.3, 0.4) is 0 Å². The minimum atomic E-state index is 0.857. The molecule has 0 saturated carbocycles. The van der Waals surface area contributed by atoms with Crippen LogP contribution in [-0.4, -0.2) is 0 Å². The molecule has 0 aliphatic carbocycles. The summed E-state index contributed by atoms with van der Waals surface area (Å²) >= 11 is 1.85. The Labute approximate surface area is 304 Å². The highest BCUT2D eigenvalue weighted by molar-refractivity contribution is 7.99. The molecule has 0 unspecified atom stereocenters.